The molecular weight excluding hydrogens is 263 g/mol. The average Bonchev–Trinajstić information content (AvgIpc) is 2.28. The average molecular weight is 283 g/mol. The van der Waals surface area contributed by atoms with Crippen molar-refractivity contribution in [3.8, 4) is 0 Å². The third kappa shape index (κ3) is 4.09. The monoisotopic (exact) mass is 283 g/mol. The number of rotatable bonds is 5. The van der Waals surface area contributed by atoms with Crippen LogP contribution in [0.15, 0.2) is 0 Å². The van der Waals surface area contributed by atoms with E-state index in [1.807, 2.05) is 5.32 Å². The fourth-order valence-electron chi connectivity index (χ4n) is 1.35. The Kier molecular flexibility index (Phi) is 5.80. The van der Waals surface area contributed by atoms with Gasteiger partial charge in [-0.1, -0.05) is 0 Å². The zero-order chi connectivity index (χ0) is 15.4. The minimum Gasteiger partial charge on any atom is -0.343 e. The molecule has 0 radical (unpaired) electrons. The molecule has 0 spiro atoms. The number of nitrogens with one attached hydrogen (secondary N) is 1. The standard InChI is InChI=1S/C11H20F3N3O2/c1-5-17(6-2)8(18)7(3)16-9(19)10(4,15)11(12,13)14/h7H,5-6,15H2,1-4H3,(H,16,19). The molecule has 0 fully saturated rings. The number of amides is 2. The van der Waals surface area contributed by atoms with Crippen LogP contribution >= 0.6 is 0 Å². The van der Waals surface area contributed by atoms with Crippen LogP contribution in [0.3, 0.4) is 0 Å². The summed E-state index contributed by atoms with van der Waals surface area (Å²) in [6, 6.07) is -1.06. The van der Waals surface area contributed by atoms with E-state index in [1.165, 1.54) is 11.8 Å². The Balaban J connectivity index is 4.79. The molecule has 0 aliphatic rings. The molecule has 0 aromatic heterocycles. The van der Waals surface area contributed by atoms with Crippen LogP contribution in [0, 0.1) is 0 Å². The van der Waals surface area contributed by atoms with Gasteiger partial charge in [0.15, 0.2) is 5.54 Å². The highest BCUT2D eigenvalue weighted by Crippen LogP contribution is 2.28. The van der Waals surface area contributed by atoms with Crippen molar-refractivity contribution in [1.82, 2.24) is 10.2 Å². The molecule has 0 aliphatic carbocycles. The molecule has 2 amide bonds. The summed E-state index contributed by atoms with van der Waals surface area (Å²) in [4.78, 5) is 24.7. The Morgan fingerprint density at radius 1 is 1.26 bits per heavy atom. The van der Waals surface area contributed by atoms with Gasteiger partial charge in [0.1, 0.15) is 6.04 Å². The van der Waals surface area contributed by atoms with Crippen LogP contribution in [0.2, 0.25) is 0 Å². The van der Waals surface area contributed by atoms with Gasteiger partial charge in [0.2, 0.25) is 11.8 Å². The number of halogens is 3. The van der Waals surface area contributed by atoms with Crippen LogP contribution < -0.4 is 11.1 Å². The van der Waals surface area contributed by atoms with Crippen LogP contribution in [-0.4, -0.2) is 47.6 Å². The summed E-state index contributed by atoms with van der Waals surface area (Å²) in [5.74, 6) is -1.87. The third-order valence-corrected chi connectivity index (χ3v) is 2.85. The highest BCUT2D eigenvalue weighted by Gasteiger charge is 2.54. The Labute approximate surface area is 110 Å². The number of alkyl halides is 3. The molecule has 2 unspecified atom stereocenters. The number of hydrogen-bond donors (Lipinski definition) is 2. The van der Waals surface area contributed by atoms with E-state index in [2.05, 4.69) is 0 Å². The molecule has 3 N–H and O–H groups in total. The van der Waals surface area contributed by atoms with Gasteiger partial charge in [-0.15, -0.1) is 0 Å². The zero-order valence-electron chi connectivity index (χ0n) is 11.5. The van der Waals surface area contributed by atoms with E-state index in [1.54, 1.807) is 13.8 Å². The lowest BCUT2D eigenvalue weighted by atomic mass is 10.0. The number of carbonyl (C=O) groups is 2. The lowest BCUT2D eigenvalue weighted by Crippen LogP contribution is -2.63. The van der Waals surface area contributed by atoms with Gasteiger partial charge in [0.05, 0.1) is 0 Å². The van der Waals surface area contributed by atoms with E-state index in [4.69, 9.17) is 5.73 Å². The summed E-state index contributed by atoms with van der Waals surface area (Å²) in [7, 11) is 0. The van der Waals surface area contributed by atoms with E-state index in [0.29, 0.717) is 20.0 Å². The maximum absolute atomic E-state index is 12.5. The van der Waals surface area contributed by atoms with Gasteiger partial charge in [-0.25, -0.2) is 0 Å². The fraction of sp³-hybridized carbons (Fsp3) is 0.818. The van der Waals surface area contributed by atoms with Gasteiger partial charge in [-0.05, 0) is 27.7 Å². The minimum absolute atomic E-state index is 0.411. The third-order valence-electron chi connectivity index (χ3n) is 2.85. The molecule has 0 aromatic carbocycles. The first-order valence-electron chi connectivity index (χ1n) is 5.94. The van der Waals surface area contributed by atoms with E-state index in [0.717, 1.165) is 0 Å². The number of nitrogens with zero attached hydrogens (tertiary/aromatic N) is 1. The lowest BCUT2D eigenvalue weighted by Gasteiger charge is -2.29. The second kappa shape index (κ2) is 6.23. The molecule has 0 rings (SSSR count). The summed E-state index contributed by atoms with van der Waals surface area (Å²) in [6.07, 6.45) is -4.88. The summed E-state index contributed by atoms with van der Waals surface area (Å²) in [6.45, 7) is 6.18. The smallest absolute Gasteiger partial charge is 0.343 e. The molecule has 112 valence electrons. The van der Waals surface area contributed by atoms with Crippen molar-refractivity contribution in [2.24, 2.45) is 5.73 Å². The summed E-state index contributed by atoms with van der Waals surface area (Å²) < 4.78 is 37.6. The van der Waals surface area contributed by atoms with E-state index in [9.17, 15) is 22.8 Å². The Bertz CT molecular complexity index is 339. The van der Waals surface area contributed by atoms with E-state index >= 15 is 0 Å². The SMILES string of the molecule is CCN(CC)C(=O)C(C)NC(=O)C(C)(N)C(F)(F)F. The van der Waals surface area contributed by atoms with Crippen molar-refractivity contribution < 1.29 is 22.8 Å². The fourth-order valence-corrected chi connectivity index (χ4v) is 1.35. The predicted octanol–water partition coefficient (Wildman–Crippen LogP) is 0.639. The molecule has 19 heavy (non-hydrogen) atoms. The number of hydrogen-bond acceptors (Lipinski definition) is 3. The Morgan fingerprint density at radius 3 is 2.00 bits per heavy atom. The second-order valence-corrected chi connectivity index (χ2v) is 4.41. The van der Waals surface area contributed by atoms with Crippen molar-refractivity contribution >= 4 is 11.8 Å². The van der Waals surface area contributed by atoms with Crippen molar-refractivity contribution in [3.05, 3.63) is 0 Å². The van der Waals surface area contributed by atoms with E-state index < -0.39 is 29.6 Å². The predicted molar refractivity (Wildman–Crippen MR) is 64.2 cm³/mol. The van der Waals surface area contributed by atoms with Gasteiger partial charge in [-0.2, -0.15) is 13.2 Å². The first-order chi connectivity index (χ1) is 8.48. The van der Waals surface area contributed by atoms with Crippen molar-refractivity contribution in [2.45, 2.75) is 45.5 Å². The molecule has 0 saturated carbocycles. The highest BCUT2D eigenvalue weighted by molar-refractivity contribution is 5.92. The maximum Gasteiger partial charge on any atom is 0.415 e. The maximum atomic E-state index is 12.5. The van der Waals surface area contributed by atoms with Crippen molar-refractivity contribution in [2.75, 3.05) is 13.1 Å². The van der Waals surface area contributed by atoms with Crippen LogP contribution in [-0.2, 0) is 9.59 Å². The quantitative estimate of drug-likeness (QED) is 0.777. The molecule has 8 heteroatoms. The Hall–Kier alpha value is -1.31. The molecule has 5 nitrogen and oxygen atoms in total. The van der Waals surface area contributed by atoms with Crippen molar-refractivity contribution in [3.63, 3.8) is 0 Å². The normalized spacial score (nSPS) is 16.4. The molecule has 2 atom stereocenters. The molecule has 0 aliphatic heterocycles. The first-order valence-corrected chi connectivity index (χ1v) is 5.94. The number of nitrogens with two attached hydrogens (primary N) is 1. The minimum atomic E-state index is -4.88. The highest BCUT2D eigenvalue weighted by atomic mass is 19.4. The van der Waals surface area contributed by atoms with Crippen LogP contribution in [0.25, 0.3) is 0 Å². The molecule has 0 saturated heterocycles. The van der Waals surface area contributed by atoms with Crippen LogP contribution in [0.1, 0.15) is 27.7 Å². The van der Waals surface area contributed by atoms with Gasteiger partial charge in [0, 0.05) is 13.1 Å². The van der Waals surface area contributed by atoms with Crippen LogP contribution in [0.5, 0.6) is 0 Å². The second-order valence-electron chi connectivity index (χ2n) is 4.41. The van der Waals surface area contributed by atoms with Crippen molar-refractivity contribution in [1.29, 1.82) is 0 Å². The lowest BCUT2D eigenvalue weighted by molar-refractivity contribution is -0.188. The van der Waals surface area contributed by atoms with Gasteiger partial charge in [0.25, 0.3) is 0 Å². The summed E-state index contributed by atoms with van der Waals surface area (Å²) in [5.41, 5.74) is 1.94. The van der Waals surface area contributed by atoms with Gasteiger partial charge in [-0.3, -0.25) is 9.59 Å². The number of carbonyl (C=O) groups excluding carboxylic acids is 2. The first kappa shape index (κ1) is 17.7. The van der Waals surface area contributed by atoms with Gasteiger partial charge >= 0.3 is 6.18 Å². The van der Waals surface area contributed by atoms with E-state index in [-0.39, 0.29) is 0 Å². The summed E-state index contributed by atoms with van der Waals surface area (Å²) in [5, 5.41) is 2.00. The molecule has 0 bridgehead atoms. The van der Waals surface area contributed by atoms with Crippen LogP contribution in [0.4, 0.5) is 13.2 Å². The number of likely N-dealkylation sites (N-methyl/N-ethyl adjacent to an activating group) is 1. The molecule has 0 aromatic rings. The Morgan fingerprint density at radius 2 is 1.68 bits per heavy atom. The molecular formula is C11H20F3N3O2. The largest absolute Gasteiger partial charge is 0.415 e. The van der Waals surface area contributed by atoms with Gasteiger partial charge < -0.3 is 16.0 Å². The molecule has 0 heterocycles. The topological polar surface area (TPSA) is 75.4 Å². The summed E-state index contributed by atoms with van der Waals surface area (Å²) >= 11 is 0. The zero-order valence-corrected chi connectivity index (χ0v) is 11.5.